The summed E-state index contributed by atoms with van der Waals surface area (Å²) < 4.78 is 0. The van der Waals surface area contributed by atoms with E-state index in [1.807, 2.05) is 42.5 Å². The van der Waals surface area contributed by atoms with Gasteiger partial charge in [-0.15, -0.1) is 0 Å². The predicted molar refractivity (Wildman–Crippen MR) is 85.1 cm³/mol. The minimum absolute atomic E-state index is 0.0231. The molecule has 4 nitrogen and oxygen atoms in total. The van der Waals surface area contributed by atoms with E-state index in [1.54, 1.807) is 0 Å². The summed E-state index contributed by atoms with van der Waals surface area (Å²) in [6, 6.07) is 15.8. The number of nitrogen functional groups attached to an aromatic ring is 1. The molecule has 4 heteroatoms. The summed E-state index contributed by atoms with van der Waals surface area (Å²) in [7, 11) is 0. The van der Waals surface area contributed by atoms with E-state index in [1.165, 1.54) is 5.56 Å². The molecule has 0 saturated carbocycles. The lowest BCUT2D eigenvalue weighted by Crippen LogP contribution is -2.36. The molecular formula is C17H19N3O. The summed E-state index contributed by atoms with van der Waals surface area (Å²) >= 11 is 0. The lowest BCUT2D eigenvalue weighted by Gasteiger charge is -2.20. The third-order valence-corrected chi connectivity index (χ3v) is 3.79. The predicted octanol–water partition coefficient (Wildman–Crippen LogP) is 1.95. The molecule has 3 rings (SSSR count). The van der Waals surface area contributed by atoms with Crippen LogP contribution >= 0.6 is 0 Å². The van der Waals surface area contributed by atoms with Crippen molar-refractivity contribution in [1.82, 2.24) is 5.32 Å². The topological polar surface area (TPSA) is 58.4 Å². The largest absolute Gasteiger partial charge is 0.397 e. The molecule has 0 bridgehead atoms. The van der Waals surface area contributed by atoms with E-state index < -0.39 is 0 Å². The zero-order valence-electron chi connectivity index (χ0n) is 11.9. The fourth-order valence-electron chi connectivity index (χ4n) is 2.75. The smallest absolute Gasteiger partial charge is 0.239 e. The highest BCUT2D eigenvalue weighted by Gasteiger charge is 2.22. The molecule has 108 valence electrons. The van der Waals surface area contributed by atoms with Crippen molar-refractivity contribution in [2.45, 2.75) is 13.0 Å². The second-order valence-corrected chi connectivity index (χ2v) is 5.29. The molecule has 21 heavy (non-hydrogen) atoms. The van der Waals surface area contributed by atoms with Gasteiger partial charge in [-0.2, -0.15) is 0 Å². The molecule has 1 heterocycles. The number of nitrogens with one attached hydrogen (secondary N) is 1. The molecule has 0 aromatic heterocycles. The molecule has 1 aliphatic rings. The van der Waals surface area contributed by atoms with Crippen LogP contribution in [-0.2, 0) is 17.8 Å². The second-order valence-electron chi connectivity index (χ2n) is 5.29. The first-order valence-corrected chi connectivity index (χ1v) is 7.17. The van der Waals surface area contributed by atoms with Crippen LogP contribution in [0.3, 0.4) is 0 Å². The lowest BCUT2D eigenvalue weighted by molar-refractivity contribution is -0.119. The van der Waals surface area contributed by atoms with Gasteiger partial charge in [0.1, 0.15) is 0 Å². The van der Waals surface area contributed by atoms with Crippen LogP contribution < -0.4 is 16.0 Å². The molecule has 2 aromatic carbocycles. The van der Waals surface area contributed by atoms with Crippen LogP contribution in [0.2, 0.25) is 0 Å². The minimum Gasteiger partial charge on any atom is -0.397 e. The highest BCUT2D eigenvalue weighted by atomic mass is 16.2. The van der Waals surface area contributed by atoms with Crippen LogP contribution in [-0.4, -0.2) is 19.0 Å². The average molecular weight is 281 g/mol. The Kier molecular flexibility index (Phi) is 3.77. The van der Waals surface area contributed by atoms with Gasteiger partial charge in [-0.05, 0) is 23.6 Å². The molecule has 0 spiro atoms. The number of para-hydroxylation sites is 1. The third-order valence-electron chi connectivity index (χ3n) is 3.79. The molecular weight excluding hydrogens is 262 g/mol. The first-order chi connectivity index (χ1) is 10.2. The van der Waals surface area contributed by atoms with E-state index in [0.29, 0.717) is 13.1 Å². The first-order valence-electron chi connectivity index (χ1n) is 7.17. The summed E-state index contributed by atoms with van der Waals surface area (Å²) in [4.78, 5) is 14.2. The van der Waals surface area contributed by atoms with Crippen LogP contribution in [0.25, 0.3) is 0 Å². The van der Waals surface area contributed by atoms with E-state index in [4.69, 9.17) is 5.73 Å². The number of amides is 1. The maximum Gasteiger partial charge on any atom is 0.239 e. The number of nitrogens with zero attached hydrogens (tertiary/aromatic N) is 1. The van der Waals surface area contributed by atoms with Gasteiger partial charge < -0.3 is 16.0 Å². The number of hydrogen-bond acceptors (Lipinski definition) is 3. The number of hydrogen-bond donors (Lipinski definition) is 2. The molecule has 0 fully saturated rings. The molecule has 0 atom stereocenters. The Balaban J connectivity index is 1.60. The third kappa shape index (κ3) is 2.99. The van der Waals surface area contributed by atoms with Gasteiger partial charge in [0.15, 0.2) is 0 Å². The van der Waals surface area contributed by atoms with Gasteiger partial charge in [0, 0.05) is 13.1 Å². The SMILES string of the molecule is Nc1cccc2c1N(CC(=O)NCc1ccccc1)CC2. The van der Waals surface area contributed by atoms with Crippen molar-refractivity contribution >= 4 is 17.3 Å². The zero-order chi connectivity index (χ0) is 14.7. The minimum atomic E-state index is 0.0231. The quantitative estimate of drug-likeness (QED) is 0.842. The number of carbonyl (C=O) groups is 1. The van der Waals surface area contributed by atoms with Crippen molar-refractivity contribution in [3.63, 3.8) is 0 Å². The normalized spacial score (nSPS) is 13.0. The number of benzene rings is 2. The molecule has 3 N–H and O–H groups in total. The van der Waals surface area contributed by atoms with Crippen LogP contribution in [0.1, 0.15) is 11.1 Å². The fraction of sp³-hybridized carbons (Fsp3) is 0.235. The van der Waals surface area contributed by atoms with Crippen LogP contribution in [0.5, 0.6) is 0 Å². The van der Waals surface area contributed by atoms with Crippen LogP contribution in [0.15, 0.2) is 48.5 Å². The number of carbonyl (C=O) groups excluding carboxylic acids is 1. The molecule has 0 aliphatic carbocycles. The van der Waals surface area contributed by atoms with E-state index in [-0.39, 0.29) is 5.91 Å². The maximum absolute atomic E-state index is 12.1. The van der Waals surface area contributed by atoms with Gasteiger partial charge in [0.25, 0.3) is 0 Å². The number of nitrogens with two attached hydrogens (primary N) is 1. The van der Waals surface area contributed by atoms with Crippen molar-refractivity contribution in [3.05, 3.63) is 59.7 Å². The van der Waals surface area contributed by atoms with E-state index in [0.717, 1.165) is 29.9 Å². The number of fused-ring (bicyclic) bond motifs is 1. The van der Waals surface area contributed by atoms with Crippen molar-refractivity contribution < 1.29 is 4.79 Å². The summed E-state index contributed by atoms with van der Waals surface area (Å²) in [6.07, 6.45) is 0.951. The summed E-state index contributed by atoms with van der Waals surface area (Å²) in [5, 5.41) is 2.95. The first kappa shape index (κ1) is 13.5. The number of anilines is 2. The maximum atomic E-state index is 12.1. The van der Waals surface area contributed by atoms with Gasteiger partial charge in [-0.1, -0.05) is 42.5 Å². The summed E-state index contributed by atoms with van der Waals surface area (Å²) in [6.45, 7) is 1.76. The van der Waals surface area contributed by atoms with E-state index >= 15 is 0 Å². The Labute approximate surface area is 124 Å². The van der Waals surface area contributed by atoms with Crippen molar-refractivity contribution in [1.29, 1.82) is 0 Å². The standard InChI is InChI=1S/C17H19N3O/c18-15-8-4-7-14-9-10-20(17(14)15)12-16(21)19-11-13-5-2-1-3-6-13/h1-8H,9-12,18H2,(H,19,21). The van der Waals surface area contributed by atoms with Gasteiger partial charge in [-0.25, -0.2) is 0 Å². The molecule has 0 saturated heterocycles. The Morgan fingerprint density at radius 1 is 1.14 bits per heavy atom. The second kappa shape index (κ2) is 5.87. The Hall–Kier alpha value is -2.49. The van der Waals surface area contributed by atoms with E-state index in [9.17, 15) is 4.79 Å². The summed E-state index contributed by atoms with van der Waals surface area (Å²) in [5.74, 6) is 0.0231. The summed E-state index contributed by atoms with van der Waals surface area (Å²) in [5.41, 5.74) is 10.1. The molecule has 0 unspecified atom stereocenters. The zero-order valence-corrected chi connectivity index (χ0v) is 11.9. The Morgan fingerprint density at radius 2 is 1.95 bits per heavy atom. The van der Waals surface area contributed by atoms with Gasteiger partial charge in [0.2, 0.25) is 5.91 Å². The molecule has 0 radical (unpaired) electrons. The Morgan fingerprint density at radius 3 is 2.76 bits per heavy atom. The van der Waals surface area contributed by atoms with Crippen LogP contribution in [0, 0.1) is 0 Å². The highest BCUT2D eigenvalue weighted by molar-refractivity contribution is 5.85. The van der Waals surface area contributed by atoms with Gasteiger partial charge in [0.05, 0.1) is 17.9 Å². The molecule has 1 aliphatic heterocycles. The highest BCUT2D eigenvalue weighted by Crippen LogP contribution is 2.33. The number of rotatable bonds is 4. The van der Waals surface area contributed by atoms with Gasteiger partial charge >= 0.3 is 0 Å². The van der Waals surface area contributed by atoms with E-state index in [2.05, 4.69) is 16.3 Å². The Bertz CT molecular complexity index is 640. The molecule has 2 aromatic rings. The fourth-order valence-corrected chi connectivity index (χ4v) is 2.75. The van der Waals surface area contributed by atoms with Crippen molar-refractivity contribution in [2.75, 3.05) is 23.7 Å². The average Bonchev–Trinajstić information content (AvgIpc) is 2.91. The van der Waals surface area contributed by atoms with Crippen molar-refractivity contribution in [2.24, 2.45) is 0 Å². The van der Waals surface area contributed by atoms with Crippen LogP contribution in [0.4, 0.5) is 11.4 Å². The van der Waals surface area contributed by atoms with Crippen molar-refractivity contribution in [3.8, 4) is 0 Å². The monoisotopic (exact) mass is 281 g/mol. The lowest BCUT2D eigenvalue weighted by atomic mass is 10.1. The van der Waals surface area contributed by atoms with Gasteiger partial charge in [-0.3, -0.25) is 4.79 Å². The molecule has 1 amide bonds.